The number of para-hydroxylation sites is 1. The lowest BCUT2D eigenvalue weighted by Crippen LogP contribution is -2.56. The molecule has 1 fully saturated rings. The lowest BCUT2D eigenvalue weighted by molar-refractivity contribution is -0.131. The molecule has 1 saturated heterocycles. The van der Waals surface area contributed by atoms with Gasteiger partial charge in [0.15, 0.2) is 0 Å². The number of hydrogen-bond donors (Lipinski definition) is 5. The van der Waals surface area contributed by atoms with Gasteiger partial charge in [0.25, 0.3) is 0 Å². The van der Waals surface area contributed by atoms with Crippen LogP contribution in [0.2, 0.25) is 0 Å². The van der Waals surface area contributed by atoms with Crippen LogP contribution in [0.4, 0.5) is 5.82 Å². The second-order valence-corrected chi connectivity index (χ2v) is 11.5. The van der Waals surface area contributed by atoms with Gasteiger partial charge in [0.2, 0.25) is 17.7 Å². The molecule has 0 spiro atoms. The second-order valence-electron chi connectivity index (χ2n) is 11.5. The molecule has 2 unspecified atom stereocenters. The van der Waals surface area contributed by atoms with E-state index in [4.69, 9.17) is 5.73 Å². The van der Waals surface area contributed by atoms with Crippen LogP contribution in [0, 0.1) is 5.92 Å². The van der Waals surface area contributed by atoms with Crippen LogP contribution in [0.25, 0.3) is 10.9 Å². The summed E-state index contributed by atoms with van der Waals surface area (Å²) in [4.78, 5) is 49.3. The van der Waals surface area contributed by atoms with E-state index in [-0.39, 0.29) is 17.7 Å². The minimum Gasteiger partial charge on any atom is -0.361 e. The molecule has 2 aromatic heterocycles. The number of H-pyrrole nitrogens is 2. The molecule has 0 bridgehead atoms. The largest absolute Gasteiger partial charge is 0.361 e. The topological polar surface area (TPSA) is 149 Å². The molecule has 0 saturated carbocycles. The molecule has 4 aromatic rings. The Morgan fingerprint density at radius 1 is 1.07 bits per heavy atom. The molecule has 2 aromatic carbocycles. The van der Waals surface area contributed by atoms with Crippen molar-refractivity contribution in [3.8, 4) is 0 Å². The maximum Gasteiger partial charge on any atom is 0.248 e. The van der Waals surface area contributed by atoms with Gasteiger partial charge in [0.1, 0.15) is 11.9 Å². The first-order chi connectivity index (χ1) is 20.7. The maximum atomic E-state index is 12.8. The van der Waals surface area contributed by atoms with Crippen LogP contribution in [-0.4, -0.2) is 62.2 Å². The fraction of sp³-hybridized carbons (Fsp3) is 0.394. The quantitative estimate of drug-likeness (QED) is 0.200. The lowest BCUT2D eigenvalue weighted by atomic mass is 9.97. The highest BCUT2D eigenvalue weighted by molar-refractivity contribution is 5.98. The van der Waals surface area contributed by atoms with Crippen LogP contribution >= 0.6 is 0 Å². The Morgan fingerprint density at radius 2 is 1.77 bits per heavy atom. The zero-order chi connectivity index (χ0) is 30.8. The zero-order valence-corrected chi connectivity index (χ0v) is 25.2. The molecule has 5 rings (SSSR count). The smallest absolute Gasteiger partial charge is 0.248 e. The number of hydrogen-bond acceptors (Lipinski definition) is 5. The molecular weight excluding hydrogens is 542 g/mol. The third-order valence-electron chi connectivity index (χ3n) is 8.06. The molecule has 3 heterocycles. The van der Waals surface area contributed by atoms with Gasteiger partial charge < -0.3 is 31.2 Å². The first kappa shape index (κ1) is 31.5. The third kappa shape index (κ3) is 8.78. The SMILES string of the molecule is CC1CCN(C(=O)Cc2ccccc2)CC1.CCC(C)(N)C(=O)NC(Cc1c[nH]c2ccccc12)C(=O)Nc1cnc[nH]1. The fourth-order valence-electron chi connectivity index (χ4n) is 4.90. The molecule has 3 amide bonds. The summed E-state index contributed by atoms with van der Waals surface area (Å²) in [6.07, 6.45) is 8.47. The molecule has 0 radical (unpaired) electrons. The van der Waals surface area contributed by atoms with Gasteiger partial charge in [-0.3, -0.25) is 14.4 Å². The van der Waals surface area contributed by atoms with Gasteiger partial charge in [0.05, 0.1) is 24.5 Å². The van der Waals surface area contributed by atoms with E-state index in [0.29, 0.717) is 25.1 Å². The monoisotopic (exact) mass is 585 g/mol. The summed E-state index contributed by atoms with van der Waals surface area (Å²) in [5.41, 5.74) is 8.02. The van der Waals surface area contributed by atoms with Crippen LogP contribution < -0.4 is 16.4 Å². The molecule has 228 valence electrons. The number of anilines is 1. The molecule has 1 aliphatic rings. The number of rotatable bonds is 9. The predicted octanol–water partition coefficient (Wildman–Crippen LogP) is 4.17. The summed E-state index contributed by atoms with van der Waals surface area (Å²) in [5.74, 6) is 0.808. The van der Waals surface area contributed by atoms with E-state index in [1.54, 1.807) is 6.92 Å². The summed E-state index contributed by atoms with van der Waals surface area (Å²) < 4.78 is 0. The Hall–Kier alpha value is -4.44. The van der Waals surface area contributed by atoms with Gasteiger partial charge in [-0.15, -0.1) is 0 Å². The summed E-state index contributed by atoms with van der Waals surface area (Å²) in [6.45, 7) is 7.62. The first-order valence-corrected chi connectivity index (χ1v) is 14.9. The number of piperidine rings is 1. The number of carbonyl (C=O) groups excluding carboxylic acids is 3. The van der Waals surface area contributed by atoms with Crippen molar-refractivity contribution in [2.45, 2.75) is 64.5 Å². The van der Waals surface area contributed by atoms with Crippen molar-refractivity contribution in [1.29, 1.82) is 0 Å². The van der Waals surface area contributed by atoms with Gasteiger partial charge >= 0.3 is 0 Å². The summed E-state index contributed by atoms with van der Waals surface area (Å²) >= 11 is 0. The second kappa shape index (κ2) is 14.6. The van der Waals surface area contributed by atoms with Crippen LogP contribution in [0.1, 0.15) is 51.2 Å². The number of benzene rings is 2. The van der Waals surface area contributed by atoms with Gasteiger partial charge in [-0.25, -0.2) is 4.98 Å². The molecule has 10 heteroatoms. The van der Waals surface area contributed by atoms with Gasteiger partial charge in [0, 0.05) is 36.6 Å². The molecule has 43 heavy (non-hydrogen) atoms. The number of nitrogens with one attached hydrogen (secondary N) is 4. The normalized spacial score (nSPS) is 15.6. The average molecular weight is 586 g/mol. The van der Waals surface area contributed by atoms with E-state index in [1.165, 1.54) is 12.5 Å². The van der Waals surface area contributed by atoms with Gasteiger partial charge in [-0.05, 0) is 49.3 Å². The number of nitrogens with two attached hydrogens (primary N) is 1. The molecule has 1 aliphatic heterocycles. The predicted molar refractivity (Wildman–Crippen MR) is 169 cm³/mol. The Labute approximate surface area is 252 Å². The number of likely N-dealkylation sites (tertiary alicyclic amines) is 1. The summed E-state index contributed by atoms with van der Waals surface area (Å²) in [7, 11) is 0. The summed E-state index contributed by atoms with van der Waals surface area (Å²) in [5, 5.41) is 6.55. The number of amides is 3. The number of imidazole rings is 1. The standard InChI is InChI=1S/C19H24N6O2.C14H19NO/c1-3-19(2,20)18(27)24-15(17(26)25-16-10-21-11-23-16)8-12-9-22-14-7-5-4-6-13(12)14;1-12-7-9-15(10-8-12)14(16)11-13-5-3-2-4-6-13/h4-7,9-11,15,22H,3,8,20H2,1-2H3,(H,21,23)(H,24,27)(H,25,26);2-6,12H,7-11H2,1H3. The average Bonchev–Trinajstić information content (AvgIpc) is 3.68. The Balaban J connectivity index is 0.000000225. The fourth-order valence-corrected chi connectivity index (χ4v) is 4.90. The molecule has 2 atom stereocenters. The van der Waals surface area contributed by atoms with E-state index >= 15 is 0 Å². The van der Waals surface area contributed by atoms with Crippen molar-refractivity contribution < 1.29 is 14.4 Å². The van der Waals surface area contributed by atoms with Crippen molar-refractivity contribution in [2.75, 3.05) is 18.4 Å². The first-order valence-electron chi connectivity index (χ1n) is 14.9. The number of aromatic nitrogens is 3. The van der Waals surface area contributed by atoms with E-state index in [2.05, 4.69) is 32.5 Å². The third-order valence-corrected chi connectivity index (χ3v) is 8.06. The number of nitrogens with zero attached hydrogens (tertiary/aromatic N) is 2. The minimum absolute atomic E-state index is 0.276. The Kier molecular flexibility index (Phi) is 10.7. The highest BCUT2D eigenvalue weighted by Gasteiger charge is 2.31. The highest BCUT2D eigenvalue weighted by atomic mass is 16.2. The maximum absolute atomic E-state index is 12.8. The van der Waals surface area contributed by atoms with E-state index in [1.807, 2.05) is 72.6 Å². The highest BCUT2D eigenvalue weighted by Crippen LogP contribution is 2.20. The van der Waals surface area contributed by atoms with Crippen LogP contribution in [0.3, 0.4) is 0 Å². The van der Waals surface area contributed by atoms with Crippen LogP contribution in [0.5, 0.6) is 0 Å². The Morgan fingerprint density at radius 3 is 2.44 bits per heavy atom. The Bertz CT molecular complexity index is 1470. The minimum atomic E-state index is -1.05. The van der Waals surface area contributed by atoms with E-state index < -0.39 is 11.6 Å². The van der Waals surface area contributed by atoms with Crippen molar-refractivity contribution in [3.05, 3.63) is 84.4 Å². The van der Waals surface area contributed by atoms with Gasteiger partial charge in [-0.2, -0.15) is 0 Å². The molecule has 6 N–H and O–H groups in total. The number of aromatic amines is 2. The number of carbonyl (C=O) groups is 3. The molecule has 0 aliphatic carbocycles. The number of fused-ring (bicyclic) bond motifs is 1. The lowest BCUT2D eigenvalue weighted by Gasteiger charge is -2.30. The van der Waals surface area contributed by atoms with Crippen LogP contribution in [-0.2, 0) is 27.2 Å². The van der Waals surface area contributed by atoms with E-state index in [9.17, 15) is 14.4 Å². The van der Waals surface area contributed by atoms with Crippen LogP contribution in [0.15, 0.2) is 73.3 Å². The molecule has 10 nitrogen and oxygen atoms in total. The van der Waals surface area contributed by atoms with Gasteiger partial charge in [-0.1, -0.05) is 62.4 Å². The zero-order valence-electron chi connectivity index (χ0n) is 25.2. The summed E-state index contributed by atoms with van der Waals surface area (Å²) in [6, 6.07) is 17.0. The van der Waals surface area contributed by atoms with Crippen molar-refractivity contribution >= 4 is 34.4 Å². The van der Waals surface area contributed by atoms with E-state index in [0.717, 1.165) is 53.9 Å². The molecular formula is C33H43N7O3. The van der Waals surface area contributed by atoms with Crippen molar-refractivity contribution in [2.24, 2.45) is 11.7 Å². The van der Waals surface area contributed by atoms with Crippen molar-refractivity contribution in [1.82, 2.24) is 25.2 Å². The van der Waals surface area contributed by atoms with Crippen molar-refractivity contribution in [3.63, 3.8) is 0 Å².